The van der Waals surface area contributed by atoms with E-state index in [1.807, 2.05) is 86.7 Å². The van der Waals surface area contributed by atoms with E-state index in [2.05, 4.69) is 0 Å². The van der Waals surface area contributed by atoms with Gasteiger partial charge in [-0.05, 0) is 43.2 Å². The predicted molar refractivity (Wildman–Crippen MR) is 129 cm³/mol. The third-order valence-corrected chi connectivity index (χ3v) is 7.22. The van der Waals surface area contributed by atoms with Gasteiger partial charge in [0.1, 0.15) is 5.76 Å². The van der Waals surface area contributed by atoms with E-state index in [0.717, 1.165) is 27.8 Å². The molecule has 1 heterocycles. The van der Waals surface area contributed by atoms with Gasteiger partial charge in [-0.15, -0.1) is 0 Å². The Morgan fingerprint density at radius 3 is 2.25 bits per heavy atom. The van der Waals surface area contributed by atoms with Crippen molar-refractivity contribution >= 4 is 21.4 Å². The molecular weight excluding hydrogens is 418 g/mol. The van der Waals surface area contributed by atoms with Crippen LogP contribution in [0.15, 0.2) is 96.0 Å². The summed E-state index contributed by atoms with van der Waals surface area (Å²) in [7, 11) is -3.76. The van der Waals surface area contributed by atoms with Gasteiger partial charge in [0.25, 0.3) is 10.0 Å². The van der Waals surface area contributed by atoms with Crippen LogP contribution in [0.3, 0.4) is 0 Å². The first kappa shape index (κ1) is 21.9. The zero-order chi connectivity index (χ0) is 22.6. The van der Waals surface area contributed by atoms with Gasteiger partial charge in [0.2, 0.25) is 0 Å². The average molecular weight is 446 g/mol. The van der Waals surface area contributed by atoms with Gasteiger partial charge < -0.3 is 4.74 Å². The van der Waals surface area contributed by atoms with Gasteiger partial charge in [-0.1, -0.05) is 77.9 Å². The van der Waals surface area contributed by atoms with Crippen molar-refractivity contribution in [1.29, 1.82) is 0 Å². The normalized spacial score (nSPS) is 18.2. The van der Waals surface area contributed by atoms with Crippen molar-refractivity contribution in [2.24, 2.45) is 0 Å². The lowest BCUT2D eigenvalue weighted by Gasteiger charge is -2.21. The summed E-state index contributed by atoms with van der Waals surface area (Å²) in [5, 5.41) is 0. The maximum absolute atomic E-state index is 13.6. The molecule has 0 saturated heterocycles. The van der Waals surface area contributed by atoms with Crippen molar-refractivity contribution in [2.75, 3.05) is 13.2 Å². The summed E-state index contributed by atoms with van der Waals surface area (Å²) in [6, 6.07) is 24.9. The minimum atomic E-state index is -3.76. The molecule has 0 unspecified atom stereocenters. The number of rotatable bonds is 4. The number of aryl methyl sites for hydroxylation is 2. The van der Waals surface area contributed by atoms with Gasteiger partial charge in [-0.2, -0.15) is 0 Å². The lowest BCUT2D eigenvalue weighted by Crippen LogP contribution is -2.27. The smallest absolute Gasteiger partial charge is 0.264 e. The van der Waals surface area contributed by atoms with Gasteiger partial charge in [-0.25, -0.2) is 8.42 Å². The van der Waals surface area contributed by atoms with Crippen LogP contribution in [0.4, 0.5) is 0 Å². The Hall–Kier alpha value is -3.31. The minimum Gasteiger partial charge on any atom is -0.491 e. The molecule has 0 fully saturated rings. The number of benzene rings is 3. The molecule has 5 heteroatoms. The minimum absolute atomic E-state index is 0.221. The average Bonchev–Trinajstić information content (AvgIpc) is 2.91. The van der Waals surface area contributed by atoms with Crippen molar-refractivity contribution in [1.82, 2.24) is 4.31 Å². The second kappa shape index (κ2) is 9.45. The lowest BCUT2D eigenvalue weighted by molar-refractivity contribution is 0.283. The first-order valence-electron chi connectivity index (χ1n) is 10.7. The van der Waals surface area contributed by atoms with Crippen molar-refractivity contribution < 1.29 is 13.2 Å². The van der Waals surface area contributed by atoms with E-state index in [4.69, 9.17) is 4.74 Å². The maximum atomic E-state index is 13.6. The monoisotopic (exact) mass is 445 g/mol. The van der Waals surface area contributed by atoms with E-state index in [1.54, 1.807) is 18.3 Å². The molecule has 0 atom stereocenters. The highest BCUT2D eigenvalue weighted by atomic mass is 32.2. The molecule has 0 radical (unpaired) electrons. The molecule has 4 nitrogen and oxygen atoms in total. The molecule has 0 aromatic heterocycles. The van der Waals surface area contributed by atoms with Crippen LogP contribution in [-0.2, 0) is 14.8 Å². The summed E-state index contributed by atoms with van der Waals surface area (Å²) in [6.45, 7) is 4.63. The molecule has 0 bridgehead atoms. The Labute approximate surface area is 190 Å². The maximum Gasteiger partial charge on any atom is 0.264 e. The number of ether oxygens (including phenoxy) is 1. The van der Waals surface area contributed by atoms with Crippen LogP contribution in [0, 0.1) is 13.8 Å². The van der Waals surface area contributed by atoms with Gasteiger partial charge in [0.05, 0.1) is 24.2 Å². The zero-order valence-electron chi connectivity index (χ0n) is 18.4. The van der Waals surface area contributed by atoms with E-state index in [1.165, 1.54) is 4.31 Å². The molecule has 4 rings (SSSR count). The third kappa shape index (κ3) is 4.94. The van der Waals surface area contributed by atoms with E-state index < -0.39 is 10.0 Å². The molecule has 0 saturated carbocycles. The van der Waals surface area contributed by atoms with E-state index in [-0.39, 0.29) is 11.4 Å². The van der Waals surface area contributed by atoms with E-state index in [0.29, 0.717) is 18.8 Å². The Morgan fingerprint density at radius 2 is 1.53 bits per heavy atom. The molecule has 1 aliphatic heterocycles. The fourth-order valence-electron chi connectivity index (χ4n) is 3.68. The van der Waals surface area contributed by atoms with Crippen LogP contribution in [0.5, 0.6) is 0 Å². The first-order valence-corrected chi connectivity index (χ1v) is 12.1. The molecule has 164 valence electrons. The van der Waals surface area contributed by atoms with Crippen LogP contribution >= 0.6 is 0 Å². The summed E-state index contributed by atoms with van der Waals surface area (Å²) in [5.41, 5.74) is 5.09. The molecule has 1 aliphatic rings. The molecule has 0 N–H and O–H groups in total. The van der Waals surface area contributed by atoms with Gasteiger partial charge in [-0.3, -0.25) is 4.31 Å². The standard InChI is InChI=1S/C27H27NO3S/c1-21-11-13-26(14-12-21)32(29,30)28-17-15-24(23-8-4-3-5-9-23)16-18-31-27(20-28)25-10-6-7-22(2)19-25/h3-15,19-20H,16-18H2,1-2H3/b24-15+,27-20-. The Kier molecular flexibility index (Phi) is 6.47. The molecular formula is C27H27NO3S. The molecule has 3 aromatic rings. The predicted octanol–water partition coefficient (Wildman–Crippen LogP) is 5.80. The van der Waals surface area contributed by atoms with E-state index >= 15 is 0 Å². The second-order valence-corrected chi connectivity index (χ2v) is 9.84. The van der Waals surface area contributed by atoms with Crippen LogP contribution in [-0.4, -0.2) is 25.9 Å². The quantitative estimate of drug-likeness (QED) is 0.510. The molecule has 0 amide bonds. The van der Waals surface area contributed by atoms with Crippen molar-refractivity contribution in [3.8, 4) is 0 Å². The van der Waals surface area contributed by atoms with Crippen LogP contribution in [0.25, 0.3) is 11.3 Å². The Bertz CT molecular complexity index is 1240. The number of nitrogens with zero attached hydrogens (tertiary/aromatic N) is 1. The summed E-state index contributed by atoms with van der Waals surface area (Å²) < 4.78 is 34.6. The summed E-state index contributed by atoms with van der Waals surface area (Å²) >= 11 is 0. The van der Waals surface area contributed by atoms with Gasteiger partial charge in [0, 0.05) is 12.0 Å². The van der Waals surface area contributed by atoms with Crippen LogP contribution in [0.1, 0.15) is 28.7 Å². The van der Waals surface area contributed by atoms with Gasteiger partial charge in [0.15, 0.2) is 0 Å². The Morgan fingerprint density at radius 1 is 0.812 bits per heavy atom. The summed E-state index contributed by atoms with van der Waals surface area (Å²) in [4.78, 5) is 0.261. The molecule has 3 aromatic carbocycles. The highest BCUT2D eigenvalue weighted by Gasteiger charge is 2.23. The molecule has 0 spiro atoms. The number of hydrogen-bond acceptors (Lipinski definition) is 3. The SMILES string of the molecule is Cc1ccc(S(=O)(=O)N2/C=C(/c3cccc(C)c3)OCC/C(c3ccccc3)=C\C2)cc1. The summed E-state index contributed by atoms with van der Waals surface area (Å²) in [6.07, 6.45) is 4.29. The highest BCUT2D eigenvalue weighted by Crippen LogP contribution is 2.27. The van der Waals surface area contributed by atoms with E-state index in [9.17, 15) is 8.42 Å². The fraction of sp³-hybridized carbons (Fsp3) is 0.185. The number of sulfonamides is 1. The summed E-state index contributed by atoms with van der Waals surface area (Å²) in [5.74, 6) is 0.548. The highest BCUT2D eigenvalue weighted by molar-refractivity contribution is 7.89. The van der Waals surface area contributed by atoms with Crippen molar-refractivity contribution in [2.45, 2.75) is 25.2 Å². The largest absolute Gasteiger partial charge is 0.491 e. The molecule has 32 heavy (non-hydrogen) atoms. The fourth-order valence-corrected chi connectivity index (χ4v) is 4.93. The van der Waals surface area contributed by atoms with Gasteiger partial charge >= 0.3 is 0 Å². The lowest BCUT2D eigenvalue weighted by atomic mass is 10.0. The Balaban J connectivity index is 1.78. The second-order valence-electron chi connectivity index (χ2n) is 7.94. The first-order chi connectivity index (χ1) is 15.4. The van der Waals surface area contributed by atoms with Crippen LogP contribution < -0.4 is 0 Å². The zero-order valence-corrected chi connectivity index (χ0v) is 19.2. The third-order valence-electron chi connectivity index (χ3n) is 5.48. The van der Waals surface area contributed by atoms with Crippen molar-refractivity contribution in [3.05, 3.63) is 113 Å². The molecule has 0 aliphatic carbocycles. The van der Waals surface area contributed by atoms with Crippen molar-refractivity contribution in [3.63, 3.8) is 0 Å². The number of hydrogen-bond donors (Lipinski definition) is 0. The van der Waals surface area contributed by atoms with Crippen LogP contribution in [0.2, 0.25) is 0 Å². The topological polar surface area (TPSA) is 46.6 Å².